The number of esters is 1. The zero-order valence-corrected chi connectivity index (χ0v) is 8.99. The van der Waals surface area contributed by atoms with E-state index in [1.165, 1.54) is 23.6 Å². The van der Waals surface area contributed by atoms with Crippen molar-refractivity contribution in [2.45, 2.75) is 19.8 Å². The normalized spacial score (nSPS) is 18.3. The van der Waals surface area contributed by atoms with Gasteiger partial charge in [-0.05, 0) is 18.1 Å². The summed E-state index contributed by atoms with van der Waals surface area (Å²) in [6.45, 7) is 3.97. The molecule has 0 saturated carbocycles. The Morgan fingerprint density at radius 1 is 1.40 bits per heavy atom. The lowest BCUT2D eigenvalue weighted by Gasteiger charge is -2.13. The first-order valence-corrected chi connectivity index (χ1v) is 5.09. The highest BCUT2D eigenvalue weighted by Crippen LogP contribution is 2.35. The van der Waals surface area contributed by atoms with Crippen molar-refractivity contribution in [3.63, 3.8) is 0 Å². The fourth-order valence-electron chi connectivity index (χ4n) is 1.97. The van der Waals surface area contributed by atoms with Gasteiger partial charge in [0.2, 0.25) is 0 Å². The first-order valence-electron chi connectivity index (χ1n) is 5.09. The summed E-state index contributed by atoms with van der Waals surface area (Å²) in [4.78, 5) is 10.8. The predicted octanol–water partition coefficient (Wildman–Crippen LogP) is 2.75. The van der Waals surface area contributed by atoms with Crippen molar-refractivity contribution >= 4 is 12.0 Å². The molecule has 2 nitrogen and oxygen atoms in total. The van der Waals surface area contributed by atoms with Gasteiger partial charge in [0.05, 0.1) is 0 Å². The minimum absolute atomic E-state index is 0.216. The number of carbonyl (C=O) groups excluding carboxylic acids is 1. The predicted molar refractivity (Wildman–Crippen MR) is 59.5 cm³/mol. The van der Waals surface area contributed by atoms with E-state index in [2.05, 4.69) is 25.1 Å². The molecular weight excluding hydrogens is 188 g/mol. The van der Waals surface area contributed by atoms with Gasteiger partial charge in [0.15, 0.2) is 0 Å². The topological polar surface area (TPSA) is 26.3 Å². The lowest BCUT2D eigenvalue weighted by atomic mass is 9.98. The van der Waals surface area contributed by atoms with Gasteiger partial charge in [-0.25, -0.2) is 0 Å². The van der Waals surface area contributed by atoms with Crippen LogP contribution in [0.15, 0.2) is 29.8 Å². The zero-order valence-electron chi connectivity index (χ0n) is 8.99. The third-order valence-corrected chi connectivity index (χ3v) is 2.76. The van der Waals surface area contributed by atoms with E-state index in [1.54, 1.807) is 0 Å². The number of hydrogen-bond acceptors (Lipinski definition) is 2. The molecule has 1 aromatic carbocycles. The van der Waals surface area contributed by atoms with Gasteiger partial charge in [0, 0.05) is 12.8 Å². The van der Waals surface area contributed by atoms with Gasteiger partial charge in [0.25, 0.3) is 0 Å². The second-order valence-electron chi connectivity index (χ2n) is 3.87. The third-order valence-electron chi connectivity index (χ3n) is 2.76. The summed E-state index contributed by atoms with van der Waals surface area (Å²) in [6, 6.07) is 8.23. The molecule has 0 aliphatic heterocycles. The first-order chi connectivity index (χ1) is 7.18. The highest BCUT2D eigenvalue weighted by molar-refractivity contribution is 5.68. The molecule has 1 aliphatic carbocycles. The second kappa shape index (κ2) is 3.89. The van der Waals surface area contributed by atoms with E-state index in [0.717, 1.165) is 0 Å². The van der Waals surface area contributed by atoms with Gasteiger partial charge in [-0.3, -0.25) is 4.79 Å². The Morgan fingerprint density at radius 2 is 2.13 bits per heavy atom. The van der Waals surface area contributed by atoms with E-state index >= 15 is 0 Å². The van der Waals surface area contributed by atoms with E-state index in [1.807, 2.05) is 12.1 Å². The van der Waals surface area contributed by atoms with Crippen LogP contribution in [0.5, 0.6) is 0 Å². The second-order valence-corrected chi connectivity index (χ2v) is 3.87. The molecule has 1 atom stereocenters. The van der Waals surface area contributed by atoms with Crippen LogP contribution in [0.4, 0.5) is 0 Å². The van der Waals surface area contributed by atoms with Crippen molar-refractivity contribution in [2.24, 2.45) is 0 Å². The van der Waals surface area contributed by atoms with E-state index in [-0.39, 0.29) is 11.9 Å². The molecule has 0 spiro atoms. The molecule has 1 aliphatic rings. The van der Waals surface area contributed by atoms with Crippen molar-refractivity contribution in [3.8, 4) is 0 Å². The largest absolute Gasteiger partial charge is 0.465 e. The van der Waals surface area contributed by atoms with Crippen LogP contribution in [-0.4, -0.2) is 12.6 Å². The maximum Gasteiger partial charge on any atom is 0.302 e. The zero-order chi connectivity index (χ0) is 10.8. The Hall–Kier alpha value is -1.57. The number of hydrogen-bond donors (Lipinski definition) is 0. The van der Waals surface area contributed by atoms with Crippen LogP contribution in [-0.2, 0) is 9.53 Å². The van der Waals surface area contributed by atoms with Gasteiger partial charge in [-0.1, -0.05) is 35.9 Å². The Balaban J connectivity index is 2.20. The van der Waals surface area contributed by atoms with Gasteiger partial charge in [-0.15, -0.1) is 0 Å². The SMILES string of the molecule is CC(=O)OCC1C(C)=Cc2ccccc21. The summed E-state index contributed by atoms with van der Waals surface area (Å²) in [5, 5.41) is 0. The maximum atomic E-state index is 10.8. The van der Waals surface area contributed by atoms with Crippen LogP contribution in [0.1, 0.15) is 30.9 Å². The van der Waals surface area contributed by atoms with Crippen molar-refractivity contribution in [1.82, 2.24) is 0 Å². The molecule has 0 heterocycles. The summed E-state index contributed by atoms with van der Waals surface area (Å²) in [6.07, 6.45) is 2.16. The van der Waals surface area contributed by atoms with Crippen LogP contribution in [0, 0.1) is 0 Å². The smallest absolute Gasteiger partial charge is 0.302 e. The highest BCUT2D eigenvalue weighted by Gasteiger charge is 2.22. The standard InChI is InChI=1S/C13H14O2/c1-9-7-11-5-3-4-6-12(11)13(9)8-15-10(2)14/h3-7,13H,8H2,1-2H3. The van der Waals surface area contributed by atoms with Crippen LogP contribution < -0.4 is 0 Å². The molecule has 15 heavy (non-hydrogen) atoms. The molecule has 0 aromatic heterocycles. The first kappa shape index (κ1) is 9.97. The van der Waals surface area contributed by atoms with Crippen LogP contribution >= 0.6 is 0 Å². The lowest BCUT2D eigenvalue weighted by molar-refractivity contribution is -0.141. The highest BCUT2D eigenvalue weighted by atomic mass is 16.5. The number of carbonyl (C=O) groups is 1. The summed E-state index contributed by atoms with van der Waals surface area (Å²) >= 11 is 0. The molecule has 0 radical (unpaired) electrons. The number of fused-ring (bicyclic) bond motifs is 1. The minimum atomic E-state index is -0.216. The maximum absolute atomic E-state index is 10.8. The Morgan fingerprint density at radius 3 is 2.87 bits per heavy atom. The quantitative estimate of drug-likeness (QED) is 0.689. The molecule has 1 unspecified atom stereocenters. The van der Waals surface area contributed by atoms with E-state index < -0.39 is 0 Å². The van der Waals surface area contributed by atoms with E-state index in [0.29, 0.717) is 6.61 Å². The number of benzene rings is 1. The average molecular weight is 202 g/mol. The molecule has 0 bridgehead atoms. The fourth-order valence-corrected chi connectivity index (χ4v) is 1.97. The average Bonchev–Trinajstić information content (AvgIpc) is 2.50. The lowest BCUT2D eigenvalue weighted by Crippen LogP contribution is -2.10. The summed E-state index contributed by atoms with van der Waals surface area (Å²) in [5.41, 5.74) is 3.76. The van der Waals surface area contributed by atoms with E-state index in [4.69, 9.17) is 4.74 Å². The molecule has 2 heteroatoms. The summed E-state index contributed by atoms with van der Waals surface area (Å²) < 4.78 is 5.07. The third kappa shape index (κ3) is 1.94. The van der Waals surface area contributed by atoms with Crippen LogP contribution in [0.2, 0.25) is 0 Å². The van der Waals surface area contributed by atoms with Gasteiger partial charge >= 0.3 is 5.97 Å². The molecule has 0 amide bonds. The Bertz CT molecular complexity index is 418. The molecule has 78 valence electrons. The van der Waals surface area contributed by atoms with Gasteiger partial charge < -0.3 is 4.74 Å². The summed E-state index contributed by atoms with van der Waals surface area (Å²) in [7, 11) is 0. The van der Waals surface area contributed by atoms with Gasteiger partial charge in [0.1, 0.15) is 6.61 Å². The number of rotatable bonds is 2. The minimum Gasteiger partial charge on any atom is -0.465 e. The van der Waals surface area contributed by atoms with Crippen molar-refractivity contribution in [1.29, 1.82) is 0 Å². The number of ether oxygens (including phenoxy) is 1. The molecule has 1 aromatic rings. The Labute approximate surface area is 89.6 Å². The van der Waals surface area contributed by atoms with Crippen LogP contribution in [0.25, 0.3) is 6.08 Å². The van der Waals surface area contributed by atoms with Crippen molar-refractivity contribution < 1.29 is 9.53 Å². The fraction of sp³-hybridized carbons (Fsp3) is 0.308. The van der Waals surface area contributed by atoms with Crippen molar-refractivity contribution in [2.75, 3.05) is 6.61 Å². The van der Waals surface area contributed by atoms with Crippen LogP contribution in [0.3, 0.4) is 0 Å². The molecule has 0 fully saturated rings. The molecular formula is C13H14O2. The summed E-state index contributed by atoms with van der Waals surface area (Å²) in [5.74, 6) is 0.0253. The molecule has 2 rings (SSSR count). The van der Waals surface area contributed by atoms with Crippen molar-refractivity contribution in [3.05, 3.63) is 41.0 Å². The Kier molecular flexibility index (Phi) is 2.58. The molecule has 0 N–H and O–H groups in total. The molecule has 0 saturated heterocycles. The van der Waals surface area contributed by atoms with Gasteiger partial charge in [-0.2, -0.15) is 0 Å². The monoisotopic (exact) mass is 202 g/mol. The van der Waals surface area contributed by atoms with E-state index in [9.17, 15) is 4.79 Å².